The predicted molar refractivity (Wildman–Crippen MR) is 95.3 cm³/mol. The summed E-state index contributed by atoms with van der Waals surface area (Å²) in [5.74, 6) is 0.744. The second-order valence-corrected chi connectivity index (χ2v) is 7.57. The van der Waals surface area contributed by atoms with Gasteiger partial charge in [-0.1, -0.05) is 50.1 Å². The van der Waals surface area contributed by atoms with Gasteiger partial charge in [0.15, 0.2) is 5.17 Å². The van der Waals surface area contributed by atoms with Crippen LogP contribution in [0.4, 0.5) is 5.69 Å². The van der Waals surface area contributed by atoms with Crippen molar-refractivity contribution in [3.63, 3.8) is 0 Å². The van der Waals surface area contributed by atoms with Crippen LogP contribution in [-0.2, 0) is 0 Å². The Morgan fingerprint density at radius 2 is 2.15 bits per heavy atom. The van der Waals surface area contributed by atoms with Crippen molar-refractivity contribution in [1.29, 1.82) is 0 Å². The fourth-order valence-corrected chi connectivity index (χ4v) is 4.43. The smallest absolute Gasteiger partial charge is 0.161 e. The maximum Gasteiger partial charge on any atom is 0.161 e. The molecule has 1 atom stereocenters. The second-order valence-electron chi connectivity index (χ2n) is 5.08. The molecule has 1 heterocycles. The summed E-state index contributed by atoms with van der Waals surface area (Å²) < 4.78 is 1.02. The van der Waals surface area contributed by atoms with Gasteiger partial charge in [-0.05, 0) is 46.5 Å². The number of halogens is 2. The molecule has 0 bridgehead atoms. The van der Waals surface area contributed by atoms with Crippen molar-refractivity contribution >= 4 is 50.1 Å². The van der Waals surface area contributed by atoms with Gasteiger partial charge < -0.3 is 5.32 Å². The van der Waals surface area contributed by atoms with Gasteiger partial charge in [-0.15, -0.1) is 0 Å². The molecule has 1 unspecified atom stereocenters. The van der Waals surface area contributed by atoms with E-state index in [1.165, 1.54) is 12.8 Å². The number of nitrogens with zero attached hydrogens (tertiary/aromatic N) is 1. The van der Waals surface area contributed by atoms with Gasteiger partial charge in [-0.25, -0.2) is 0 Å². The molecule has 0 aromatic heterocycles. The molecule has 1 aromatic carbocycles. The van der Waals surface area contributed by atoms with Gasteiger partial charge in [0.2, 0.25) is 0 Å². The normalized spacial score (nSPS) is 18.5. The van der Waals surface area contributed by atoms with Crippen molar-refractivity contribution in [2.45, 2.75) is 38.9 Å². The third-order valence-electron chi connectivity index (χ3n) is 3.74. The van der Waals surface area contributed by atoms with E-state index >= 15 is 0 Å². The first-order valence-electron chi connectivity index (χ1n) is 6.98. The minimum atomic E-state index is 0.604. The van der Waals surface area contributed by atoms with Crippen LogP contribution in [-0.4, -0.2) is 17.0 Å². The van der Waals surface area contributed by atoms with Crippen molar-refractivity contribution in [1.82, 2.24) is 0 Å². The van der Waals surface area contributed by atoms with E-state index in [-0.39, 0.29) is 0 Å². The van der Waals surface area contributed by atoms with Crippen molar-refractivity contribution in [3.8, 4) is 0 Å². The molecule has 0 saturated carbocycles. The maximum absolute atomic E-state index is 6.19. The molecule has 1 aromatic rings. The fraction of sp³-hybridized carbons (Fsp3) is 0.533. The van der Waals surface area contributed by atoms with Gasteiger partial charge >= 0.3 is 0 Å². The third kappa shape index (κ3) is 3.71. The zero-order valence-electron chi connectivity index (χ0n) is 12.0. The van der Waals surface area contributed by atoms with E-state index in [4.69, 9.17) is 11.6 Å². The molecule has 1 aliphatic rings. The summed E-state index contributed by atoms with van der Waals surface area (Å²) in [6, 6.07) is 3.98. The topological polar surface area (TPSA) is 24.4 Å². The summed E-state index contributed by atoms with van der Waals surface area (Å²) in [4.78, 5) is 4.63. The van der Waals surface area contributed by atoms with E-state index in [2.05, 4.69) is 40.1 Å². The third-order valence-corrected chi connectivity index (χ3v) is 6.10. The lowest BCUT2D eigenvalue weighted by molar-refractivity contribution is 0.479. The highest BCUT2D eigenvalue weighted by atomic mass is 79.9. The number of hydrogen-bond acceptors (Lipinski definition) is 3. The van der Waals surface area contributed by atoms with Gasteiger partial charge in [0, 0.05) is 14.7 Å². The molecule has 1 aliphatic heterocycles. The number of anilines is 1. The molecule has 0 spiro atoms. The Labute approximate surface area is 138 Å². The predicted octanol–water partition coefficient (Wildman–Crippen LogP) is 5.73. The van der Waals surface area contributed by atoms with Gasteiger partial charge in [0.05, 0.1) is 12.2 Å². The first-order chi connectivity index (χ1) is 9.55. The number of rotatable bonds is 4. The molecule has 0 radical (unpaired) electrons. The van der Waals surface area contributed by atoms with Crippen molar-refractivity contribution in [2.75, 3.05) is 11.9 Å². The minimum absolute atomic E-state index is 0.604. The first kappa shape index (κ1) is 16.2. The van der Waals surface area contributed by atoms with Crippen molar-refractivity contribution < 1.29 is 0 Å². The van der Waals surface area contributed by atoms with E-state index in [1.54, 1.807) is 0 Å². The van der Waals surface area contributed by atoms with Crippen LogP contribution < -0.4 is 5.32 Å². The number of hydrogen-bond donors (Lipinski definition) is 1. The number of benzene rings is 1. The summed E-state index contributed by atoms with van der Waals surface area (Å²) in [6.45, 7) is 7.44. The highest BCUT2D eigenvalue weighted by Gasteiger charge is 2.26. The Morgan fingerprint density at radius 1 is 1.45 bits per heavy atom. The summed E-state index contributed by atoms with van der Waals surface area (Å²) in [5.41, 5.74) is 2.05. The van der Waals surface area contributed by atoms with Crippen LogP contribution in [0.5, 0.6) is 0 Å². The number of nitrogens with one attached hydrogen (secondary N) is 1. The molecule has 0 amide bonds. The Bertz CT molecular complexity index is 515. The standard InChI is InChI=1S/C15H20BrClN2S/c1-4-10(5-2)14-8-18-15(20-14)19-13-7-12(17)9(3)6-11(13)16/h6-7,10,14H,4-5,8H2,1-3H3,(H,18,19). The lowest BCUT2D eigenvalue weighted by atomic mass is 9.99. The Hall–Kier alpha value is -0.190. The highest BCUT2D eigenvalue weighted by Crippen LogP contribution is 2.34. The average Bonchev–Trinajstić information content (AvgIpc) is 2.86. The molecular weight excluding hydrogens is 356 g/mol. The van der Waals surface area contributed by atoms with E-state index < -0.39 is 0 Å². The number of thioether (sulfide) groups is 1. The van der Waals surface area contributed by atoms with Crippen LogP contribution in [0.2, 0.25) is 5.02 Å². The largest absolute Gasteiger partial charge is 0.334 e. The number of aryl methyl sites for hydroxylation is 1. The lowest BCUT2D eigenvalue weighted by Crippen LogP contribution is -2.17. The summed E-state index contributed by atoms with van der Waals surface area (Å²) >= 11 is 11.6. The van der Waals surface area contributed by atoms with Gasteiger partial charge in [0.1, 0.15) is 0 Å². The molecule has 5 heteroatoms. The van der Waals surface area contributed by atoms with E-state index in [0.717, 1.165) is 38.4 Å². The van der Waals surface area contributed by atoms with Crippen molar-refractivity contribution in [2.24, 2.45) is 10.9 Å². The van der Waals surface area contributed by atoms with Gasteiger partial charge in [-0.3, -0.25) is 4.99 Å². The maximum atomic E-state index is 6.19. The molecule has 20 heavy (non-hydrogen) atoms. The van der Waals surface area contributed by atoms with Crippen LogP contribution in [0.25, 0.3) is 0 Å². The fourth-order valence-electron chi connectivity index (χ4n) is 2.38. The zero-order chi connectivity index (χ0) is 14.7. The monoisotopic (exact) mass is 374 g/mol. The Morgan fingerprint density at radius 3 is 2.80 bits per heavy atom. The quantitative estimate of drug-likeness (QED) is 0.726. The minimum Gasteiger partial charge on any atom is -0.334 e. The van der Waals surface area contributed by atoms with Gasteiger partial charge in [0.25, 0.3) is 0 Å². The molecule has 0 saturated heterocycles. The molecule has 110 valence electrons. The molecule has 2 rings (SSSR count). The number of amidine groups is 1. The highest BCUT2D eigenvalue weighted by molar-refractivity contribution is 9.10. The van der Waals surface area contributed by atoms with Crippen LogP contribution in [0, 0.1) is 12.8 Å². The van der Waals surface area contributed by atoms with Gasteiger partial charge in [-0.2, -0.15) is 0 Å². The Kier molecular flexibility index (Phi) is 5.82. The van der Waals surface area contributed by atoms with Crippen LogP contribution >= 0.6 is 39.3 Å². The number of aliphatic imine (C=N–C) groups is 1. The SMILES string of the molecule is CCC(CC)C1CN=C(Nc2cc(Cl)c(C)cc2Br)S1. The molecule has 2 nitrogen and oxygen atoms in total. The van der Waals surface area contributed by atoms with E-state index in [0.29, 0.717) is 5.25 Å². The van der Waals surface area contributed by atoms with Crippen molar-refractivity contribution in [3.05, 3.63) is 27.2 Å². The lowest BCUT2D eigenvalue weighted by Gasteiger charge is -2.18. The molecular formula is C15H20BrClN2S. The molecule has 1 N–H and O–H groups in total. The molecule has 0 aliphatic carbocycles. The van der Waals surface area contributed by atoms with E-state index in [9.17, 15) is 0 Å². The zero-order valence-corrected chi connectivity index (χ0v) is 15.2. The average molecular weight is 376 g/mol. The van der Waals surface area contributed by atoms with Crippen LogP contribution in [0.3, 0.4) is 0 Å². The first-order valence-corrected chi connectivity index (χ1v) is 9.04. The molecule has 0 fully saturated rings. The van der Waals surface area contributed by atoms with Crippen LogP contribution in [0.1, 0.15) is 32.3 Å². The summed E-state index contributed by atoms with van der Waals surface area (Å²) in [5, 5.41) is 5.77. The van der Waals surface area contributed by atoms with Crippen LogP contribution in [0.15, 0.2) is 21.6 Å². The second kappa shape index (κ2) is 7.19. The van der Waals surface area contributed by atoms with E-state index in [1.807, 2.05) is 30.8 Å². The summed E-state index contributed by atoms with van der Waals surface area (Å²) in [7, 11) is 0. The Balaban J connectivity index is 2.04. The summed E-state index contributed by atoms with van der Waals surface area (Å²) in [6.07, 6.45) is 2.44.